The van der Waals surface area contributed by atoms with Crippen LogP contribution >= 0.6 is 0 Å². The molecule has 6 rings (SSSR count). The van der Waals surface area contributed by atoms with E-state index in [0.717, 1.165) is 18.8 Å². The number of hydrogen-bond acceptors (Lipinski definition) is 11. The second-order valence-electron chi connectivity index (χ2n) is 13.4. The summed E-state index contributed by atoms with van der Waals surface area (Å²) in [6, 6.07) is 7.47. The predicted octanol–water partition coefficient (Wildman–Crippen LogP) is 4.71. The Hall–Kier alpha value is -4.25. The number of carbonyl (C=O) groups excluding carboxylic acids is 2. The summed E-state index contributed by atoms with van der Waals surface area (Å²) >= 11 is 0. The fourth-order valence-electron chi connectivity index (χ4n) is 8.37. The van der Waals surface area contributed by atoms with Gasteiger partial charge in [0.15, 0.2) is 0 Å². The fourth-order valence-corrected chi connectivity index (χ4v) is 8.37. The summed E-state index contributed by atoms with van der Waals surface area (Å²) in [6.45, 7) is 9.56. The molecule has 0 aromatic carbocycles. The van der Waals surface area contributed by atoms with E-state index in [1.165, 1.54) is 13.0 Å². The molecule has 238 valence electrons. The van der Waals surface area contributed by atoms with Gasteiger partial charge in [-0.3, -0.25) is 9.78 Å². The molecule has 11 heteroatoms. The van der Waals surface area contributed by atoms with Crippen molar-refractivity contribution in [3.8, 4) is 17.1 Å². The lowest BCUT2D eigenvalue weighted by Gasteiger charge is -2.66. The molecule has 3 aromatic heterocycles. The molecule has 0 radical (unpaired) electrons. The topological polar surface area (TPSA) is 155 Å². The van der Waals surface area contributed by atoms with Crippen molar-refractivity contribution in [2.24, 2.45) is 28.6 Å². The Labute approximate surface area is 259 Å². The summed E-state index contributed by atoms with van der Waals surface area (Å²) in [5, 5.41) is 12.2. The van der Waals surface area contributed by atoms with Crippen molar-refractivity contribution in [1.82, 2.24) is 4.98 Å². The number of esters is 2. The maximum Gasteiger partial charge on any atom is 0.345 e. The third kappa shape index (κ3) is 4.97. The second-order valence-corrected chi connectivity index (χ2v) is 13.4. The maximum atomic E-state index is 13.5. The molecule has 11 nitrogen and oxygen atoms in total. The number of pyridine rings is 1. The van der Waals surface area contributed by atoms with E-state index in [4.69, 9.17) is 23.0 Å². The Balaban J connectivity index is 1.49. The molecule has 3 aliphatic rings. The molecule has 2 fully saturated rings. The second kappa shape index (κ2) is 11.0. The van der Waals surface area contributed by atoms with Gasteiger partial charge in [0.1, 0.15) is 35.0 Å². The first-order valence-electron chi connectivity index (χ1n) is 15.2. The van der Waals surface area contributed by atoms with Crippen LogP contribution in [0.25, 0.3) is 11.3 Å². The van der Waals surface area contributed by atoms with Gasteiger partial charge in [0.25, 0.3) is 0 Å². The first-order valence-corrected chi connectivity index (χ1v) is 15.2. The van der Waals surface area contributed by atoms with Crippen LogP contribution in [0.4, 0.5) is 0 Å². The van der Waals surface area contributed by atoms with Gasteiger partial charge < -0.3 is 28.2 Å². The molecule has 0 spiro atoms. The smallest absolute Gasteiger partial charge is 0.345 e. The van der Waals surface area contributed by atoms with E-state index in [-0.39, 0.29) is 41.1 Å². The molecular formula is C34H37NO10. The Kier molecular flexibility index (Phi) is 7.50. The van der Waals surface area contributed by atoms with Gasteiger partial charge in [-0.25, -0.2) is 14.4 Å². The number of hydrogen-bond donors (Lipinski definition) is 1. The lowest BCUT2D eigenvalue weighted by Crippen LogP contribution is -2.70. The quantitative estimate of drug-likeness (QED) is 0.395. The van der Waals surface area contributed by atoms with E-state index in [9.17, 15) is 24.3 Å². The van der Waals surface area contributed by atoms with Gasteiger partial charge in [-0.2, -0.15) is 0 Å². The normalized spacial score (nSPS) is 33.5. The highest BCUT2D eigenvalue weighted by atomic mass is 16.6. The van der Waals surface area contributed by atoms with Crippen LogP contribution in [0.3, 0.4) is 0 Å². The predicted molar refractivity (Wildman–Crippen MR) is 159 cm³/mol. The fraction of sp³-hybridized carbons (Fsp3) is 0.500. The molecule has 4 heterocycles. The minimum Gasteiger partial charge on any atom is -0.482 e. The number of aliphatic hydroxyl groups excluding tert-OH is 1. The summed E-state index contributed by atoms with van der Waals surface area (Å²) in [7, 11) is 0. The molecule has 1 N–H and O–H groups in total. The molecule has 2 aliphatic carbocycles. The minimum absolute atomic E-state index is 0.00205. The van der Waals surface area contributed by atoms with Gasteiger partial charge in [-0.1, -0.05) is 20.8 Å². The number of fused-ring (bicyclic) bond motifs is 4. The van der Waals surface area contributed by atoms with E-state index in [1.807, 2.05) is 0 Å². The Morgan fingerprint density at radius 1 is 1.16 bits per heavy atom. The standard InChI is InChI=1S/C34H37NO10/c1-18-10-11-32(3)24(33(18,4)17-42-19(2)36)14-25(44-30(39)21-8-9-26(37)41-16-21)34(5)29(32)28(38)27-23(45-34)13-22(43-31(27)40)20-7-6-12-35-15-20/h6-9,12-13,15-16,18,24-25,28-29,38H,10-11,14,17H2,1-5H3/t18-,24?,25-,28-,29?,32-,33?,34+/m0/s1. The van der Waals surface area contributed by atoms with E-state index < -0.39 is 57.7 Å². The third-order valence-corrected chi connectivity index (χ3v) is 10.9. The summed E-state index contributed by atoms with van der Waals surface area (Å²) in [6.07, 6.45) is 3.74. The van der Waals surface area contributed by atoms with Crippen LogP contribution in [0.2, 0.25) is 0 Å². The van der Waals surface area contributed by atoms with Crippen LogP contribution in [-0.4, -0.2) is 40.3 Å². The van der Waals surface area contributed by atoms with Gasteiger partial charge in [-0.05, 0) is 61.6 Å². The molecule has 0 saturated heterocycles. The molecule has 3 unspecified atom stereocenters. The van der Waals surface area contributed by atoms with E-state index in [2.05, 4.69) is 25.8 Å². The molecule has 0 bridgehead atoms. The van der Waals surface area contributed by atoms with Crippen LogP contribution in [-0.2, 0) is 14.3 Å². The van der Waals surface area contributed by atoms with Crippen LogP contribution < -0.4 is 16.0 Å². The maximum absolute atomic E-state index is 13.5. The molecule has 0 amide bonds. The van der Waals surface area contributed by atoms with E-state index >= 15 is 0 Å². The number of aromatic nitrogens is 1. The number of rotatable bonds is 5. The van der Waals surface area contributed by atoms with E-state index in [1.54, 1.807) is 37.5 Å². The lowest BCUT2D eigenvalue weighted by molar-refractivity contribution is -0.257. The molecule has 2 saturated carbocycles. The van der Waals surface area contributed by atoms with Gasteiger partial charge in [-0.15, -0.1) is 0 Å². The highest BCUT2D eigenvalue weighted by Crippen LogP contribution is 2.68. The van der Waals surface area contributed by atoms with Gasteiger partial charge in [0, 0.05) is 48.3 Å². The minimum atomic E-state index is -1.33. The lowest BCUT2D eigenvalue weighted by atomic mass is 9.41. The Bertz CT molecular complexity index is 1730. The average molecular weight is 620 g/mol. The summed E-state index contributed by atoms with van der Waals surface area (Å²) < 4.78 is 29.1. The number of ether oxygens (including phenoxy) is 3. The molecule has 45 heavy (non-hydrogen) atoms. The van der Waals surface area contributed by atoms with Crippen LogP contribution in [0.5, 0.6) is 5.75 Å². The van der Waals surface area contributed by atoms with Crippen molar-refractivity contribution in [3.63, 3.8) is 0 Å². The molecular weight excluding hydrogens is 582 g/mol. The van der Waals surface area contributed by atoms with Gasteiger partial charge >= 0.3 is 23.2 Å². The summed E-state index contributed by atoms with van der Waals surface area (Å²) in [4.78, 5) is 54.7. The first kappa shape index (κ1) is 30.8. The molecule has 8 atom stereocenters. The Morgan fingerprint density at radius 3 is 2.60 bits per heavy atom. The first-order chi connectivity index (χ1) is 21.3. The van der Waals surface area contributed by atoms with Crippen LogP contribution in [0, 0.1) is 28.6 Å². The van der Waals surface area contributed by atoms with Gasteiger partial charge in [0.05, 0.1) is 18.3 Å². The van der Waals surface area contributed by atoms with Crippen molar-refractivity contribution >= 4 is 11.9 Å². The van der Waals surface area contributed by atoms with Crippen molar-refractivity contribution in [3.05, 3.63) is 81.0 Å². The largest absolute Gasteiger partial charge is 0.482 e. The third-order valence-electron chi connectivity index (χ3n) is 10.9. The number of aliphatic hydroxyl groups is 1. The van der Waals surface area contributed by atoms with Gasteiger partial charge in [0.2, 0.25) is 0 Å². The monoisotopic (exact) mass is 619 g/mol. The number of carbonyl (C=O) groups is 2. The Morgan fingerprint density at radius 2 is 1.93 bits per heavy atom. The zero-order chi connectivity index (χ0) is 32.3. The highest BCUT2D eigenvalue weighted by molar-refractivity contribution is 5.89. The SMILES string of the molecule is CC(=O)OCC1(C)C2C[C@H](OC(=O)c3ccc(=O)oc3)[C@@]3(C)Oc4cc(-c5cccnc5)oc(=O)c4[C@H](O)C3[C@@]2(C)CC[C@@H]1C. The molecule has 3 aromatic rings. The van der Waals surface area contributed by atoms with Crippen molar-refractivity contribution in [2.75, 3.05) is 6.61 Å². The van der Waals surface area contributed by atoms with Crippen molar-refractivity contribution in [1.29, 1.82) is 0 Å². The zero-order valence-corrected chi connectivity index (χ0v) is 25.9. The molecule has 1 aliphatic heterocycles. The summed E-state index contributed by atoms with van der Waals surface area (Å²) in [5.41, 5.74) is -3.24. The highest BCUT2D eigenvalue weighted by Gasteiger charge is 2.70. The number of nitrogens with zero attached hydrogens (tertiary/aromatic N) is 1. The van der Waals surface area contributed by atoms with E-state index in [0.29, 0.717) is 18.4 Å². The zero-order valence-electron chi connectivity index (χ0n) is 25.9. The van der Waals surface area contributed by atoms with Crippen LogP contribution in [0.15, 0.2) is 67.4 Å². The average Bonchev–Trinajstić information content (AvgIpc) is 2.99. The summed E-state index contributed by atoms with van der Waals surface area (Å²) in [5.74, 6) is -1.60. The van der Waals surface area contributed by atoms with Crippen molar-refractivity contribution in [2.45, 2.75) is 71.7 Å². The van der Waals surface area contributed by atoms with Crippen LogP contribution in [0.1, 0.15) is 75.9 Å². The van der Waals surface area contributed by atoms with Crippen molar-refractivity contribution < 1.29 is 37.7 Å².